The molecule has 0 aliphatic heterocycles. The van der Waals surface area contributed by atoms with Gasteiger partial charge in [0, 0.05) is 0 Å². The summed E-state index contributed by atoms with van der Waals surface area (Å²) in [5, 5.41) is 0. The SMILES string of the molecule is CCCC/C(=C/c1ccccc1)c1ccccc1. The predicted octanol–water partition coefficient (Wildman–Crippen LogP) is 5.42. The number of benzene rings is 2. The van der Waals surface area contributed by atoms with Gasteiger partial charge in [0.05, 0.1) is 0 Å². The largest absolute Gasteiger partial charge is 0.0654 e. The van der Waals surface area contributed by atoms with E-state index in [0.29, 0.717) is 0 Å². The molecule has 0 nitrogen and oxygen atoms in total. The lowest BCUT2D eigenvalue weighted by atomic mass is 9.98. The van der Waals surface area contributed by atoms with Crippen molar-refractivity contribution in [1.29, 1.82) is 0 Å². The van der Waals surface area contributed by atoms with Gasteiger partial charge in [-0.2, -0.15) is 0 Å². The molecule has 2 aromatic carbocycles. The van der Waals surface area contributed by atoms with Gasteiger partial charge in [0.2, 0.25) is 0 Å². The Labute approximate surface area is 110 Å². The summed E-state index contributed by atoms with van der Waals surface area (Å²) < 4.78 is 0. The lowest BCUT2D eigenvalue weighted by Gasteiger charge is -2.07. The molecule has 0 radical (unpaired) electrons. The summed E-state index contributed by atoms with van der Waals surface area (Å²) in [4.78, 5) is 0. The van der Waals surface area contributed by atoms with E-state index >= 15 is 0 Å². The first-order chi connectivity index (χ1) is 8.90. The minimum absolute atomic E-state index is 1.15. The highest BCUT2D eigenvalue weighted by molar-refractivity contribution is 5.81. The number of rotatable bonds is 5. The van der Waals surface area contributed by atoms with Gasteiger partial charge in [0.1, 0.15) is 0 Å². The first kappa shape index (κ1) is 12.6. The molecule has 92 valence electrons. The average Bonchev–Trinajstić information content (AvgIpc) is 2.45. The molecule has 0 heterocycles. The average molecular weight is 236 g/mol. The van der Waals surface area contributed by atoms with E-state index in [2.05, 4.69) is 73.7 Å². The van der Waals surface area contributed by atoms with Crippen LogP contribution in [0, 0.1) is 0 Å². The van der Waals surface area contributed by atoms with E-state index in [1.807, 2.05) is 0 Å². The summed E-state index contributed by atoms with van der Waals surface area (Å²) in [6.07, 6.45) is 5.94. The second kappa shape index (κ2) is 6.80. The molecule has 0 amide bonds. The Balaban J connectivity index is 2.28. The Hall–Kier alpha value is -1.82. The van der Waals surface area contributed by atoms with Crippen molar-refractivity contribution in [2.24, 2.45) is 0 Å². The highest BCUT2D eigenvalue weighted by Gasteiger charge is 2.00. The van der Waals surface area contributed by atoms with Crippen molar-refractivity contribution in [2.45, 2.75) is 26.2 Å². The van der Waals surface area contributed by atoms with E-state index in [9.17, 15) is 0 Å². The van der Waals surface area contributed by atoms with E-state index in [1.54, 1.807) is 0 Å². The number of hydrogen-bond donors (Lipinski definition) is 0. The van der Waals surface area contributed by atoms with Crippen molar-refractivity contribution >= 4 is 11.6 Å². The standard InChI is InChI=1S/C18H20/c1-2-3-12-18(17-13-8-5-9-14-17)15-16-10-6-4-7-11-16/h4-11,13-15H,2-3,12H2,1H3/b18-15-. The Morgan fingerprint density at radius 1 is 0.889 bits per heavy atom. The minimum atomic E-state index is 1.15. The van der Waals surface area contributed by atoms with E-state index in [1.165, 1.54) is 29.5 Å². The van der Waals surface area contributed by atoms with Crippen molar-refractivity contribution in [3.05, 3.63) is 71.8 Å². The van der Waals surface area contributed by atoms with Gasteiger partial charge >= 0.3 is 0 Å². The monoisotopic (exact) mass is 236 g/mol. The second-order valence-electron chi connectivity index (χ2n) is 4.55. The van der Waals surface area contributed by atoms with Gasteiger partial charge in [-0.1, -0.05) is 80.1 Å². The molecule has 2 rings (SSSR count). The van der Waals surface area contributed by atoms with Crippen LogP contribution in [0.3, 0.4) is 0 Å². The van der Waals surface area contributed by atoms with Crippen LogP contribution < -0.4 is 0 Å². The van der Waals surface area contributed by atoms with Gasteiger partial charge in [-0.3, -0.25) is 0 Å². The molecule has 0 atom stereocenters. The third-order valence-corrected chi connectivity index (χ3v) is 3.08. The fourth-order valence-electron chi connectivity index (χ4n) is 2.07. The Kier molecular flexibility index (Phi) is 4.78. The molecule has 0 fully saturated rings. The van der Waals surface area contributed by atoms with E-state index < -0.39 is 0 Å². The molecule has 0 spiro atoms. The molecule has 0 bridgehead atoms. The van der Waals surface area contributed by atoms with Gasteiger partial charge in [-0.15, -0.1) is 0 Å². The molecule has 0 aliphatic rings. The lowest BCUT2D eigenvalue weighted by molar-refractivity contribution is 0.825. The quantitative estimate of drug-likeness (QED) is 0.608. The first-order valence-corrected chi connectivity index (χ1v) is 6.71. The highest BCUT2D eigenvalue weighted by Crippen LogP contribution is 2.23. The maximum absolute atomic E-state index is 2.31. The third-order valence-electron chi connectivity index (χ3n) is 3.08. The topological polar surface area (TPSA) is 0 Å². The molecule has 0 saturated carbocycles. The molecule has 0 saturated heterocycles. The summed E-state index contributed by atoms with van der Waals surface area (Å²) in [5.41, 5.74) is 4.06. The molecule has 0 heteroatoms. The fourth-order valence-corrected chi connectivity index (χ4v) is 2.07. The number of allylic oxidation sites excluding steroid dienone is 1. The number of hydrogen-bond acceptors (Lipinski definition) is 0. The van der Waals surface area contributed by atoms with Crippen molar-refractivity contribution < 1.29 is 0 Å². The van der Waals surface area contributed by atoms with Crippen LogP contribution in [0.4, 0.5) is 0 Å². The summed E-state index contributed by atoms with van der Waals surface area (Å²) >= 11 is 0. The zero-order valence-electron chi connectivity index (χ0n) is 11.0. The third kappa shape index (κ3) is 3.59. The Bertz CT molecular complexity index is 480. The second-order valence-corrected chi connectivity index (χ2v) is 4.55. The first-order valence-electron chi connectivity index (χ1n) is 6.71. The summed E-state index contributed by atoms with van der Waals surface area (Å²) in [7, 11) is 0. The smallest absolute Gasteiger partial charge is 0.0224 e. The summed E-state index contributed by atoms with van der Waals surface area (Å²) in [6.45, 7) is 2.24. The highest BCUT2D eigenvalue weighted by atomic mass is 14.1. The Morgan fingerprint density at radius 3 is 2.11 bits per heavy atom. The van der Waals surface area contributed by atoms with Gasteiger partial charge in [0.25, 0.3) is 0 Å². The zero-order chi connectivity index (χ0) is 12.6. The maximum atomic E-state index is 2.31. The molecule has 2 aromatic rings. The lowest BCUT2D eigenvalue weighted by Crippen LogP contribution is -1.85. The van der Waals surface area contributed by atoms with E-state index in [4.69, 9.17) is 0 Å². The van der Waals surface area contributed by atoms with Crippen LogP contribution in [0.25, 0.3) is 11.6 Å². The van der Waals surface area contributed by atoms with Crippen molar-refractivity contribution in [3.63, 3.8) is 0 Å². The van der Waals surface area contributed by atoms with Crippen LogP contribution in [0.1, 0.15) is 37.3 Å². The molecular weight excluding hydrogens is 216 g/mol. The van der Waals surface area contributed by atoms with Crippen LogP contribution in [0.5, 0.6) is 0 Å². The maximum Gasteiger partial charge on any atom is -0.0224 e. The predicted molar refractivity (Wildman–Crippen MR) is 80.3 cm³/mol. The minimum Gasteiger partial charge on any atom is -0.0654 e. The molecule has 0 N–H and O–H groups in total. The fraction of sp³-hybridized carbons (Fsp3) is 0.222. The van der Waals surface area contributed by atoms with Gasteiger partial charge < -0.3 is 0 Å². The Morgan fingerprint density at radius 2 is 1.50 bits per heavy atom. The number of unbranched alkanes of at least 4 members (excludes halogenated alkanes) is 1. The normalized spacial score (nSPS) is 11.5. The van der Waals surface area contributed by atoms with Crippen molar-refractivity contribution in [3.8, 4) is 0 Å². The van der Waals surface area contributed by atoms with Crippen LogP contribution >= 0.6 is 0 Å². The van der Waals surface area contributed by atoms with Crippen molar-refractivity contribution in [1.82, 2.24) is 0 Å². The van der Waals surface area contributed by atoms with Crippen molar-refractivity contribution in [2.75, 3.05) is 0 Å². The molecule has 0 aromatic heterocycles. The van der Waals surface area contributed by atoms with Gasteiger partial charge in [-0.25, -0.2) is 0 Å². The summed E-state index contributed by atoms with van der Waals surface area (Å²) in [5.74, 6) is 0. The zero-order valence-corrected chi connectivity index (χ0v) is 11.0. The molecular formula is C18H20. The molecule has 18 heavy (non-hydrogen) atoms. The molecule has 0 aliphatic carbocycles. The van der Waals surface area contributed by atoms with Crippen LogP contribution in [-0.4, -0.2) is 0 Å². The molecule has 0 unspecified atom stereocenters. The van der Waals surface area contributed by atoms with E-state index in [0.717, 1.165) is 6.42 Å². The summed E-state index contributed by atoms with van der Waals surface area (Å²) in [6, 6.07) is 21.3. The van der Waals surface area contributed by atoms with Gasteiger partial charge in [-0.05, 0) is 29.5 Å². The van der Waals surface area contributed by atoms with Crippen LogP contribution in [-0.2, 0) is 0 Å². The van der Waals surface area contributed by atoms with Crippen LogP contribution in [0.15, 0.2) is 60.7 Å². The van der Waals surface area contributed by atoms with Crippen LogP contribution in [0.2, 0.25) is 0 Å². The van der Waals surface area contributed by atoms with E-state index in [-0.39, 0.29) is 0 Å². The van der Waals surface area contributed by atoms with Gasteiger partial charge in [0.15, 0.2) is 0 Å².